The first-order chi connectivity index (χ1) is 10.9. The number of urea groups is 1. The number of nitrogens with one attached hydrogen (secondary N) is 2. The monoisotopic (exact) mass is 313 g/mol. The second-order valence-electron chi connectivity index (χ2n) is 5.87. The van der Waals surface area contributed by atoms with Gasteiger partial charge < -0.3 is 20.1 Å². The van der Waals surface area contributed by atoms with Crippen molar-refractivity contribution < 1.29 is 14.3 Å². The Balaban J connectivity index is 1.63. The van der Waals surface area contributed by atoms with Gasteiger partial charge in [-0.1, -0.05) is 6.07 Å². The summed E-state index contributed by atoms with van der Waals surface area (Å²) in [6, 6.07) is 8.63. The van der Waals surface area contributed by atoms with Crippen LogP contribution in [0.4, 0.5) is 10.5 Å². The summed E-state index contributed by atoms with van der Waals surface area (Å²) in [4.78, 5) is 16.2. The van der Waals surface area contributed by atoms with Crippen LogP contribution in [-0.2, 0) is 0 Å². The largest absolute Gasteiger partial charge is 0.449 e. The smallest absolute Gasteiger partial charge is 0.319 e. The van der Waals surface area contributed by atoms with Crippen molar-refractivity contribution in [1.82, 2.24) is 10.3 Å². The van der Waals surface area contributed by atoms with E-state index in [9.17, 15) is 4.79 Å². The Hall–Kier alpha value is -2.76. The maximum absolute atomic E-state index is 12.1. The number of fused-ring (bicyclic) bond motifs is 1. The van der Waals surface area contributed by atoms with E-state index in [2.05, 4.69) is 15.6 Å². The minimum Gasteiger partial charge on any atom is -0.449 e. The molecule has 23 heavy (non-hydrogen) atoms. The van der Waals surface area contributed by atoms with Crippen LogP contribution in [0.2, 0.25) is 0 Å². The van der Waals surface area contributed by atoms with E-state index < -0.39 is 5.79 Å². The number of carbonyl (C=O) groups is 1. The Morgan fingerprint density at radius 2 is 2.00 bits per heavy atom. The summed E-state index contributed by atoms with van der Waals surface area (Å²) in [5, 5.41) is 5.66. The zero-order valence-electron chi connectivity index (χ0n) is 13.3. The first-order valence-electron chi connectivity index (χ1n) is 7.42. The van der Waals surface area contributed by atoms with Crippen molar-refractivity contribution in [3.63, 3.8) is 0 Å². The van der Waals surface area contributed by atoms with Gasteiger partial charge in [-0.15, -0.1) is 0 Å². The van der Waals surface area contributed by atoms with E-state index in [0.29, 0.717) is 17.2 Å². The van der Waals surface area contributed by atoms with Crippen LogP contribution in [0.5, 0.6) is 11.5 Å². The number of hydrogen-bond donors (Lipinski definition) is 2. The van der Waals surface area contributed by atoms with E-state index in [0.717, 1.165) is 5.56 Å². The van der Waals surface area contributed by atoms with E-state index in [1.165, 1.54) is 0 Å². The molecule has 0 bridgehead atoms. The fourth-order valence-corrected chi connectivity index (χ4v) is 2.38. The first-order valence-corrected chi connectivity index (χ1v) is 7.42. The zero-order chi connectivity index (χ0) is 16.4. The minimum absolute atomic E-state index is 0.142. The third-order valence-electron chi connectivity index (χ3n) is 3.45. The number of amides is 2. The molecule has 1 unspecified atom stereocenters. The van der Waals surface area contributed by atoms with E-state index in [1.807, 2.05) is 32.9 Å². The standard InChI is InChI=1S/C17H19N3O3/c1-11(12-5-4-8-18-10-12)19-16(21)20-13-6-7-14-15(9-13)23-17(2,3)22-14/h4-11H,1-3H3,(H2,19,20,21). The highest BCUT2D eigenvalue weighted by Crippen LogP contribution is 2.40. The van der Waals surface area contributed by atoms with Crippen LogP contribution in [0, 0.1) is 0 Å². The van der Waals surface area contributed by atoms with E-state index in [1.54, 1.807) is 30.6 Å². The highest BCUT2D eigenvalue weighted by atomic mass is 16.7. The summed E-state index contributed by atoms with van der Waals surface area (Å²) in [6.07, 6.45) is 3.43. The van der Waals surface area contributed by atoms with Crippen LogP contribution >= 0.6 is 0 Å². The third-order valence-corrected chi connectivity index (χ3v) is 3.45. The quantitative estimate of drug-likeness (QED) is 0.910. The third kappa shape index (κ3) is 3.53. The lowest BCUT2D eigenvalue weighted by molar-refractivity contribution is -0.0431. The Labute approximate surface area is 134 Å². The molecular formula is C17H19N3O3. The number of pyridine rings is 1. The molecule has 2 heterocycles. The summed E-state index contributed by atoms with van der Waals surface area (Å²) >= 11 is 0. The molecule has 0 saturated carbocycles. The van der Waals surface area contributed by atoms with Gasteiger partial charge in [0.1, 0.15) is 0 Å². The molecule has 2 aromatic rings. The van der Waals surface area contributed by atoms with Gasteiger partial charge in [-0.25, -0.2) is 4.79 Å². The zero-order valence-corrected chi connectivity index (χ0v) is 13.3. The number of benzene rings is 1. The molecule has 0 fully saturated rings. The number of nitrogens with zero attached hydrogens (tertiary/aromatic N) is 1. The summed E-state index contributed by atoms with van der Waals surface area (Å²) < 4.78 is 11.3. The van der Waals surface area contributed by atoms with Crippen molar-refractivity contribution in [3.05, 3.63) is 48.3 Å². The van der Waals surface area contributed by atoms with Crippen LogP contribution in [0.1, 0.15) is 32.4 Å². The number of carbonyl (C=O) groups excluding carboxylic acids is 1. The molecule has 1 aromatic heterocycles. The number of rotatable bonds is 3. The minimum atomic E-state index is -0.683. The maximum Gasteiger partial charge on any atom is 0.319 e. The number of aromatic nitrogens is 1. The molecule has 1 aliphatic heterocycles. The van der Waals surface area contributed by atoms with Crippen molar-refractivity contribution in [3.8, 4) is 11.5 Å². The summed E-state index contributed by atoms with van der Waals surface area (Å²) in [6.45, 7) is 5.57. The molecule has 6 heteroatoms. The van der Waals surface area contributed by atoms with Gasteiger partial charge in [0.05, 0.1) is 6.04 Å². The van der Waals surface area contributed by atoms with Crippen molar-refractivity contribution in [1.29, 1.82) is 0 Å². The van der Waals surface area contributed by atoms with Crippen molar-refractivity contribution in [2.75, 3.05) is 5.32 Å². The Kier molecular flexibility index (Phi) is 3.82. The lowest BCUT2D eigenvalue weighted by atomic mass is 10.1. The average Bonchev–Trinajstić information content (AvgIpc) is 2.81. The fourth-order valence-electron chi connectivity index (χ4n) is 2.38. The second kappa shape index (κ2) is 5.79. The van der Waals surface area contributed by atoms with Gasteiger partial charge in [0.2, 0.25) is 5.79 Å². The van der Waals surface area contributed by atoms with Gasteiger partial charge in [-0.05, 0) is 30.7 Å². The molecule has 0 saturated heterocycles. The molecule has 3 rings (SSSR count). The second-order valence-corrected chi connectivity index (χ2v) is 5.87. The molecule has 120 valence electrons. The van der Waals surface area contributed by atoms with Gasteiger partial charge >= 0.3 is 6.03 Å². The normalized spacial score (nSPS) is 15.8. The van der Waals surface area contributed by atoms with E-state index in [4.69, 9.17) is 9.47 Å². The highest BCUT2D eigenvalue weighted by Gasteiger charge is 2.31. The summed E-state index contributed by atoms with van der Waals surface area (Å²) in [5.41, 5.74) is 1.58. The number of ether oxygens (including phenoxy) is 2. The van der Waals surface area contributed by atoms with Crippen LogP contribution in [0.25, 0.3) is 0 Å². The molecule has 0 spiro atoms. The highest BCUT2D eigenvalue weighted by molar-refractivity contribution is 5.90. The lowest BCUT2D eigenvalue weighted by Gasteiger charge is -2.16. The van der Waals surface area contributed by atoms with Gasteiger partial charge in [-0.3, -0.25) is 4.98 Å². The molecule has 1 aromatic carbocycles. The average molecular weight is 313 g/mol. The maximum atomic E-state index is 12.1. The molecule has 2 amide bonds. The number of anilines is 1. The van der Waals surface area contributed by atoms with Gasteiger partial charge in [0.15, 0.2) is 11.5 Å². The predicted molar refractivity (Wildman–Crippen MR) is 86.6 cm³/mol. The molecule has 2 N–H and O–H groups in total. The van der Waals surface area contributed by atoms with Crippen LogP contribution in [0.3, 0.4) is 0 Å². The topological polar surface area (TPSA) is 72.5 Å². The van der Waals surface area contributed by atoms with E-state index in [-0.39, 0.29) is 12.1 Å². The van der Waals surface area contributed by atoms with Crippen LogP contribution < -0.4 is 20.1 Å². The Bertz CT molecular complexity index is 716. The van der Waals surface area contributed by atoms with E-state index >= 15 is 0 Å². The van der Waals surface area contributed by atoms with Gasteiger partial charge in [0.25, 0.3) is 0 Å². The van der Waals surface area contributed by atoms with Gasteiger partial charge in [-0.2, -0.15) is 0 Å². The molecule has 1 atom stereocenters. The van der Waals surface area contributed by atoms with Crippen LogP contribution in [-0.4, -0.2) is 16.8 Å². The SMILES string of the molecule is CC(NC(=O)Nc1ccc2c(c1)OC(C)(C)O2)c1cccnc1. The fraction of sp³-hybridized carbons (Fsp3) is 0.294. The molecular weight excluding hydrogens is 294 g/mol. The summed E-state index contributed by atoms with van der Waals surface area (Å²) in [7, 11) is 0. The molecule has 0 radical (unpaired) electrons. The van der Waals surface area contributed by atoms with Crippen molar-refractivity contribution >= 4 is 11.7 Å². The number of hydrogen-bond acceptors (Lipinski definition) is 4. The first kappa shape index (κ1) is 15.1. The van der Waals surface area contributed by atoms with Crippen LogP contribution in [0.15, 0.2) is 42.7 Å². The lowest BCUT2D eigenvalue weighted by Crippen LogP contribution is -2.31. The summed E-state index contributed by atoms with van der Waals surface area (Å²) in [5.74, 6) is 0.607. The van der Waals surface area contributed by atoms with Crippen molar-refractivity contribution in [2.45, 2.75) is 32.6 Å². The Morgan fingerprint density at radius 1 is 1.22 bits per heavy atom. The van der Waals surface area contributed by atoms with Crippen molar-refractivity contribution in [2.24, 2.45) is 0 Å². The molecule has 0 aliphatic carbocycles. The predicted octanol–water partition coefficient (Wildman–Crippen LogP) is 3.47. The van der Waals surface area contributed by atoms with Gasteiger partial charge in [0, 0.05) is 38.0 Å². The Morgan fingerprint density at radius 3 is 2.74 bits per heavy atom. The molecule has 6 nitrogen and oxygen atoms in total. The molecule has 1 aliphatic rings.